The number of carbonyl (C=O) groups excluding carboxylic acids is 3. The van der Waals surface area contributed by atoms with Crippen LogP contribution in [-0.2, 0) is 0 Å². The topological polar surface area (TPSA) is 119 Å². The highest BCUT2D eigenvalue weighted by molar-refractivity contribution is 6.31. The molecule has 0 aliphatic heterocycles. The summed E-state index contributed by atoms with van der Waals surface area (Å²) in [6.45, 7) is 0. The van der Waals surface area contributed by atoms with Crippen molar-refractivity contribution >= 4 is 35.0 Å². The Kier molecular flexibility index (Phi) is 5.60. The fourth-order valence-corrected chi connectivity index (χ4v) is 2.88. The molecule has 0 aliphatic rings. The van der Waals surface area contributed by atoms with Gasteiger partial charge in [-0.25, -0.2) is 9.37 Å². The maximum absolute atomic E-state index is 13.4. The van der Waals surface area contributed by atoms with Crippen LogP contribution in [0.25, 0.3) is 5.69 Å². The quantitative estimate of drug-likeness (QED) is 0.592. The second-order valence-corrected chi connectivity index (χ2v) is 6.35. The molecule has 0 saturated carbocycles. The summed E-state index contributed by atoms with van der Waals surface area (Å²) in [5.74, 6) is -2.53. The van der Waals surface area contributed by atoms with Gasteiger partial charge in [0, 0.05) is 29.0 Å². The average molecular weight is 416 g/mol. The van der Waals surface area contributed by atoms with Gasteiger partial charge in [-0.3, -0.25) is 19.0 Å². The number of imidazole rings is 1. The van der Waals surface area contributed by atoms with Crippen molar-refractivity contribution < 1.29 is 18.8 Å². The van der Waals surface area contributed by atoms with E-state index in [1.54, 1.807) is 24.3 Å². The van der Waals surface area contributed by atoms with E-state index in [2.05, 4.69) is 15.6 Å². The second-order valence-electron chi connectivity index (χ2n) is 5.91. The Morgan fingerprint density at radius 1 is 1.10 bits per heavy atom. The molecular formula is C19H15ClFN5O3. The van der Waals surface area contributed by atoms with E-state index in [9.17, 15) is 18.8 Å². The molecule has 8 nitrogen and oxygen atoms in total. The average Bonchev–Trinajstić information content (AvgIpc) is 3.12. The summed E-state index contributed by atoms with van der Waals surface area (Å²) in [6, 6.07) is 9.84. The molecule has 2 aromatic carbocycles. The minimum Gasteiger partial charge on any atom is -0.364 e. The molecule has 3 rings (SSSR count). The zero-order valence-electron chi connectivity index (χ0n) is 15.1. The van der Waals surface area contributed by atoms with Crippen molar-refractivity contribution in [1.82, 2.24) is 14.9 Å². The smallest absolute Gasteiger partial charge is 0.272 e. The van der Waals surface area contributed by atoms with Crippen LogP contribution in [0.2, 0.25) is 5.02 Å². The lowest BCUT2D eigenvalue weighted by Crippen LogP contribution is -2.25. The van der Waals surface area contributed by atoms with Crippen molar-refractivity contribution in [2.45, 2.75) is 0 Å². The van der Waals surface area contributed by atoms with Gasteiger partial charge in [0.05, 0.1) is 0 Å². The number of hydrogen-bond donors (Lipinski definition) is 3. The van der Waals surface area contributed by atoms with E-state index >= 15 is 0 Å². The third-order valence-corrected chi connectivity index (χ3v) is 4.19. The van der Waals surface area contributed by atoms with Crippen molar-refractivity contribution in [2.24, 2.45) is 5.73 Å². The molecule has 29 heavy (non-hydrogen) atoms. The molecule has 4 N–H and O–H groups in total. The SMILES string of the molecule is CNC(=O)c1ncn(-c2ccc(NC(=O)c3cc(F)cc(Cl)c3)cc2)c1C(N)=O. The Labute approximate surface area is 169 Å². The zero-order valence-corrected chi connectivity index (χ0v) is 15.8. The first-order valence-corrected chi connectivity index (χ1v) is 8.65. The number of anilines is 1. The van der Waals surface area contributed by atoms with Gasteiger partial charge >= 0.3 is 0 Å². The molecule has 148 valence electrons. The second kappa shape index (κ2) is 8.11. The predicted molar refractivity (Wildman–Crippen MR) is 105 cm³/mol. The van der Waals surface area contributed by atoms with Crippen molar-refractivity contribution in [1.29, 1.82) is 0 Å². The monoisotopic (exact) mass is 415 g/mol. The van der Waals surface area contributed by atoms with Crippen LogP contribution < -0.4 is 16.4 Å². The van der Waals surface area contributed by atoms with Gasteiger partial charge in [-0.2, -0.15) is 0 Å². The molecule has 0 spiro atoms. The van der Waals surface area contributed by atoms with E-state index in [1.807, 2.05) is 0 Å². The highest BCUT2D eigenvalue weighted by Gasteiger charge is 2.22. The molecular weight excluding hydrogens is 401 g/mol. The summed E-state index contributed by atoms with van der Waals surface area (Å²) < 4.78 is 14.8. The van der Waals surface area contributed by atoms with Gasteiger partial charge in [0.1, 0.15) is 17.8 Å². The summed E-state index contributed by atoms with van der Waals surface area (Å²) in [5.41, 5.74) is 6.21. The lowest BCUT2D eigenvalue weighted by Gasteiger charge is -2.09. The van der Waals surface area contributed by atoms with Gasteiger partial charge in [0.25, 0.3) is 17.7 Å². The molecule has 3 aromatic rings. The van der Waals surface area contributed by atoms with Crippen molar-refractivity contribution in [3.8, 4) is 5.69 Å². The number of nitrogens with two attached hydrogens (primary N) is 1. The number of hydrogen-bond acceptors (Lipinski definition) is 4. The van der Waals surface area contributed by atoms with Crippen LogP contribution in [0.5, 0.6) is 0 Å². The van der Waals surface area contributed by atoms with E-state index in [1.165, 1.54) is 24.0 Å². The van der Waals surface area contributed by atoms with Gasteiger partial charge in [-0.05, 0) is 42.5 Å². The molecule has 0 aliphatic carbocycles. The number of rotatable bonds is 5. The van der Waals surface area contributed by atoms with Gasteiger partial charge in [-0.15, -0.1) is 0 Å². The van der Waals surface area contributed by atoms with E-state index in [4.69, 9.17) is 17.3 Å². The van der Waals surface area contributed by atoms with E-state index in [-0.39, 0.29) is 22.0 Å². The fourth-order valence-electron chi connectivity index (χ4n) is 2.66. The number of halogens is 2. The van der Waals surface area contributed by atoms with Crippen molar-refractivity contribution in [3.63, 3.8) is 0 Å². The van der Waals surface area contributed by atoms with E-state index in [0.717, 1.165) is 12.1 Å². The Hall–Kier alpha value is -3.72. The Morgan fingerprint density at radius 2 is 1.79 bits per heavy atom. The molecule has 0 unspecified atom stereocenters. The first-order valence-electron chi connectivity index (χ1n) is 8.27. The highest BCUT2D eigenvalue weighted by Crippen LogP contribution is 2.19. The largest absolute Gasteiger partial charge is 0.364 e. The number of primary amides is 1. The van der Waals surface area contributed by atoms with Crippen LogP contribution in [0.1, 0.15) is 31.3 Å². The first-order chi connectivity index (χ1) is 13.8. The minimum atomic E-state index is -0.818. The van der Waals surface area contributed by atoms with Gasteiger partial charge in [0.2, 0.25) is 0 Å². The lowest BCUT2D eigenvalue weighted by atomic mass is 10.2. The summed E-state index contributed by atoms with van der Waals surface area (Å²) in [4.78, 5) is 39.9. The molecule has 3 amide bonds. The first kappa shape index (κ1) is 20.0. The van der Waals surface area contributed by atoms with Gasteiger partial charge in [0.15, 0.2) is 5.69 Å². The molecule has 1 heterocycles. The van der Waals surface area contributed by atoms with Gasteiger partial charge in [-0.1, -0.05) is 11.6 Å². The van der Waals surface area contributed by atoms with Crippen LogP contribution in [0.3, 0.4) is 0 Å². The molecule has 0 atom stereocenters. The van der Waals surface area contributed by atoms with Gasteiger partial charge < -0.3 is 16.4 Å². The predicted octanol–water partition coefficient (Wildman–Crippen LogP) is 2.38. The van der Waals surface area contributed by atoms with Crippen LogP contribution in [-0.4, -0.2) is 34.3 Å². The molecule has 0 fully saturated rings. The molecule has 0 saturated heterocycles. The van der Waals surface area contributed by atoms with Crippen LogP contribution >= 0.6 is 11.6 Å². The fraction of sp³-hybridized carbons (Fsp3) is 0.0526. The number of nitrogens with one attached hydrogen (secondary N) is 2. The Balaban J connectivity index is 1.86. The maximum Gasteiger partial charge on any atom is 0.272 e. The molecule has 10 heteroatoms. The summed E-state index contributed by atoms with van der Waals surface area (Å²) >= 11 is 5.77. The van der Waals surface area contributed by atoms with E-state index < -0.39 is 23.5 Å². The minimum absolute atomic E-state index is 0.0694. The summed E-state index contributed by atoms with van der Waals surface area (Å²) in [6.07, 6.45) is 1.30. The number of amides is 3. The number of aromatic nitrogens is 2. The highest BCUT2D eigenvalue weighted by atomic mass is 35.5. The van der Waals surface area contributed by atoms with Crippen LogP contribution in [0, 0.1) is 5.82 Å². The summed E-state index contributed by atoms with van der Waals surface area (Å²) in [5, 5.41) is 5.11. The Bertz CT molecular complexity index is 1090. The van der Waals surface area contributed by atoms with Crippen molar-refractivity contribution in [3.05, 3.63) is 76.6 Å². The third kappa shape index (κ3) is 4.25. The molecule has 0 bridgehead atoms. The van der Waals surface area contributed by atoms with Crippen LogP contribution in [0.4, 0.5) is 10.1 Å². The van der Waals surface area contributed by atoms with E-state index in [0.29, 0.717) is 11.4 Å². The zero-order chi connectivity index (χ0) is 21.1. The normalized spacial score (nSPS) is 10.4. The Morgan fingerprint density at radius 3 is 2.38 bits per heavy atom. The molecule has 0 radical (unpaired) electrons. The molecule has 1 aromatic heterocycles. The standard InChI is InChI=1S/C19H15ClFN5O3/c1-23-19(29)15-16(17(22)27)26(9-24-15)14-4-2-13(3-5-14)25-18(28)10-6-11(20)8-12(21)7-10/h2-9H,1H3,(H2,22,27)(H,23,29)(H,25,28). The number of benzene rings is 2. The third-order valence-electron chi connectivity index (χ3n) is 3.97. The maximum atomic E-state index is 13.4. The van der Waals surface area contributed by atoms with Crippen LogP contribution in [0.15, 0.2) is 48.8 Å². The number of nitrogens with zero attached hydrogens (tertiary/aromatic N) is 2. The van der Waals surface area contributed by atoms with Crippen molar-refractivity contribution in [2.75, 3.05) is 12.4 Å². The summed E-state index contributed by atoms with van der Waals surface area (Å²) in [7, 11) is 1.41. The lowest BCUT2D eigenvalue weighted by molar-refractivity contribution is 0.0937. The number of carbonyl (C=O) groups is 3.